The molecule has 2 aromatic carbocycles. The number of carbonyl (C=O) groups excluding carboxylic acids is 2. The summed E-state index contributed by atoms with van der Waals surface area (Å²) in [6, 6.07) is 15.7. The lowest BCUT2D eigenvalue weighted by Gasteiger charge is -2.36. The first-order valence-electron chi connectivity index (χ1n) is 21.1. The Labute approximate surface area is 369 Å². The Kier molecular flexibility index (Phi) is 16.7. The van der Waals surface area contributed by atoms with Crippen LogP contribution in [0.15, 0.2) is 92.3 Å². The number of rotatable bonds is 20. The van der Waals surface area contributed by atoms with Crippen molar-refractivity contribution in [2.45, 2.75) is 39.1 Å². The normalized spacial score (nSPS) is 14.8. The van der Waals surface area contributed by atoms with Crippen molar-refractivity contribution in [3.63, 3.8) is 0 Å². The smallest absolute Gasteiger partial charge is 0.364 e. The zero-order chi connectivity index (χ0) is 45.6. The summed E-state index contributed by atoms with van der Waals surface area (Å²) in [7, 11) is 6.06. The molecule has 20 heteroatoms. The minimum Gasteiger partial charge on any atom is -0.495 e. The van der Waals surface area contributed by atoms with Crippen molar-refractivity contribution in [3.8, 4) is 11.5 Å². The minimum atomic E-state index is -1.15. The Bertz CT molecular complexity index is 2330. The van der Waals surface area contributed by atoms with E-state index in [4.69, 9.17) is 28.6 Å². The van der Waals surface area contributed by atoms with Gasteiger partial charge in [-0.3, -0.25) is 28.5 Å². The number of benzene rings is 2. The molecule has 0 saturated carbocycles. The van der Waals surface area contributed by atoms with E-state index in [9.17, 15) is 28.8 Å². The van der Waals surface area contributed by atoms with Crippen molar-refractivity contribution in [2.24, 2.45) is 0 Å². The van der Waals surface area contributed by atoms with Crippen LogP contribution in [0.2, 0.25) is 0 Å². The van der Waals surface area contributed by atoms with Crippen LogP contribution in [0.5, 0.6) is 11.5 Å². The molecule has 0 spiro atoms. The number of methoxy groups -OCH3 is 4. The van der Waals surface area contributed by atoms with E-state index >= 15 is 0 Å². The third-order valence-electron chi connectivity index (χ3n) is 11.1. The van der Waals surface area contributed by atoms with Gasteiger partial charge >= 0.3 is 23.3 Å². The molecular formula is C44H56N8O12. The maximum atomic E-state index is 13.4. The van der Waals surface area contributed by atoms with Crippen LogP contribution in [0.1, 0.15) is 24.0 Å². The predicted octanol–water partition coefficient (Wildman–Crippen LogP) is 0.235. The maximum Gasteiger partial charge on any atom is 0.364 e. The summed E-state index contributed by atoms with van der Waals surface area (Å²) in [4.78, 5) is 98.6. The van der Waals surface area contributed by atoms with Gasteiger partial charge in [0.05, 0.1) is 62.3 Å². The van der Waals surface area contributed by atoms with E-state index in [2.05, 4.69) is 19.6 Å². The van der Waals surface area contributed by atoms with Crippen LogP contribution in [0.25, 0.3) is 0 Å². The average molecular weight is 889 g/mol. The standard InChI is InChI=1S/C44H56N8O12/c1-59-31-33-29-51(43(57)49(41(33)55)19-9-17-45-21-25-47(26-22-45)35-11-5-7-13-37(35)61-3)63-39(53)15-16-40(54)64-52-30-34(32-60-2)42(56)50(44(52)58)20-10-18-46-23-27-48(28-24-46)36-12-6-8-14-38(36)62-4/h5-8,11-16,29-30H,9-10,17-28,31-32H2,1-4H3/b16-15+. The predicted molar refractivity (Wildman–Crippen MR) is 236 cm³/mol. The van der Waals surface area contributed by atoms with Gasteiger partial charge in [-0.15, -0.1) is 9.46 Å². The second kappa shape index (κ2) is 22.7. The number of nitrogens with zero attached hydrogens (tertiary/aromatic N) is 8. The summed E-state index contributed by atoms with van der Waals surface area (Å²) in [6.07, 6.45) is 4.45. The molecule has 0 unspecified atom stereocenters. The number of piperazine rings is 2. The Hall–Kier alpha value is -6.48. The van der Waals surface area contributed by atoms with Gasteiger partial charge < -0.3 is 38.4 Å². The van der Waals surface area contributed by atoms with E-state index < -0.39 is 34.4 Å². The van der Waals surface area contributed by atoms with Crippen molar-refractivity contribution in [2.75, 3.05) is 104 Å². The summed E-state index contributed by atoms with van der Waals surface area (Å²) in [5.41, 5.74) is -0.777. The highest BCUT2D eigenvalue weighted by Gasteiger charge is 2.22. The Morgan fingerprint density at radius 3 is 1.27 bits per heavy atom. The summed E-state index contributed by atoms with van der Waals surface area (Å²) in [5.74, 6) is -0.689. The fraction of sp³-hybridized carbons (Fsp3) is 0.455. The second-order valence-electron chi connectivity index (χ2n) is 15.2. The van der Waals surface area contributed by atoms with Crippen molar-refractivity contribution in [1.82, 2.24) is 28.4 Å². The highest BCUT2D eigenvalue weighted by atomic mass is 16.7. The quantitative estimate of drug-likeness (QED) is 0.110. The first-order chi connectivity index (χ1) is 31.0. The van der Waals surface area contributed by atoms with Gasteiger partial charge in [-0.1, -0.05) is 24.3 Å². The number of anilines is 2. The molecule has 4 aromatic rings. The molecule has 0 aliphatic carbocycles. The van der Waals surface area contributed by atoms with Gasteiger partial charge in [0, 0.05) is 91.8 Å². The Morgan fingerprint density at radius 1 is 0.531 bits per heavy atom. The average Bonchev–Trinajstić information content (AvgIpc) is 3.31. The van der Waals surface area contributed by atoms with E-state index in [1.54, 1.807) is 14.2 Å². The van der Waals surface area contributed by atoms with Gasteiger partial charge in [-0.2, -0.15) is 0 Å². The highest BCUT2D eigenvalue weighted by molar-refractivity contribution is 5.91. The number of hydrogen-bond donors (Lipinski definition) is 0. The third-order valence-corrected chi connectivity index (χ3v) is 11.1. The Morgan fingerprint density at radius 2 is 0.906 bits per heavy atom. The molecule has 2 aromatic heterocycles. The molecule has 6 rings (SSSR count). The van der Waals surface area contributed by atoms with Crippen LogP contribution in [0.3, 0.4) is 0 Å². The molecule has 2 aliphatic heterocycles. The molecule has 4 heterocycles. The molecule has 0 atom stereocenters. The monoisotopic (exact) mass is 888 g/mol. The van der Waals surface area contributed by atoms with Gasteiger partial charge in [0.2, 0.25) is 0 Å². The molecule has 2 fully saturated rings. The molecule has 2 aliphatic rings. The van der Waals surface area contributed by atoms with Gasteiger partial charge in [-0.05, 0) is 50.2 Å². The fourth-order valence-electron chi connectivity index (χ4n) is 7.80. The van der Waals surface area contributed by atoms with Gasteiger partial charge in [-0.25, -0.2) is 19.2 Å². The fourth-order valence-corrected chi connectivity index (χ4v) is 7.80. The van der Waals surface area contributed by atoms with Crippen LogP contribution in [0.4, 0.5) is 11.4 Å². The second-order valence-corrected chi connectivity index (χ2v) is 15.2. The summed E-state index contributed by atoms with van der Waals surface area (Å²) < 4.78 is 24.5. The van der Waals surface area contributed by atoms with Gasteiger partial charge in [0.15, 0.2) is 0 Å². The zero-order valence-electron chi connectivity index (χ0n) is 36.7. The summed E-state index contributed by atoms with van der Waals surface area (Å²) >= 11 is 0. The lowest BCUT2D eigenvalue weighted by Crippen LogP contribution is -2.48. The van der Waals surface area contributed by atoms with Crippen molar-refractivity contribution < 1.29 is 38.2 Å². The minimum absolute atomic E-state index is 0.0470. The highest BCUT2D eigenvalue weighted by Crippen LogP contribution is 2.29. The van der Waals surface area contributed by atoms with Crippen LogP contribution >= 0.6 is 0 Å². The SMILES string of the molecule is COCc1cn(OC(=O)/C=C/C(=O)On2cc(COC)c(=O)n(CCCN3CCN(c4ccccc4OC)CC3)c2=O)c(=O)n(CCCN2CCN(c3ccccc3OC)CC2)c1=O. The molecule has 0 radical (unpaired) electrons. The lowest BCUT2D eigenvalue weighted by atomic mass is 10.2. The van der Waals surface area contributed by atoms with Gasteiger partial charge in [0.25, 0.3) is 11.1 Å². The number of carbonyl (C=O) groups is 2. The van der Waals surface area contributed by atoms with E-state index in [-0.39, 0.29) is 37.4 Å². The van der Waals surface area contributed by atoms with Gasteiger partial charge in [0.1, 0.15) is 11.5 Å². The van der Waals surface area contributed by atoms with Crippen molar-refractivity contribution in [1.29, 1.82) is 0 Å². The number of ether oxygens (including phenoxy) is 4. The molecule has 0 amide bonds. The van der Waals surface area contributed by atoms with Crippen LogP contribution in [-0.2, 0) is 45.4 Å². The molecule has 64 heavy (non-hydrogen) atoms. The molecule has 20 nitrogen and oxygen atoms in total. The topological polar surface area (TPSA) is 190 Å². The number of para-hydroxylation sites is 4. The van der Waals surface area contributed by atoms with E-state index in [1.807, 2.05) is 48.5 Å². The van der Waals surface area contributed by atoms with Crippen molar-refractivity contribution in [3.05, 3.63) is 126 Å². The van der Waals surface area contributed by atoms with E-state index in [0.717, 1.165) is 96.8 Å². The number of aromatic nitrogens is 4. The molecular weight excluding hydrogens is 833 g/mol. The Balaban J connectivity index is 1.04. The van der Waals surface area contributed by atoms with E-state index in [0.29, 0.717) is 47.5 Å². The van der Waals surface area contributed by atoms with Crippen LogP contribution < -0.4 is 51.4 Å². The molecule has 2 saturated heterocycles. The molecule has 0 N–H and O–H groups in total. The molecule has 344 valence electrons. The number of hydrogen-bond acceptors (Lipinski definition) is 16. The first kappa shape index (κ1) is 47.0. The first-order valence-corrected chi connectivity index (χ1v) is 21.1. The van der Waals surface area contributed by atoms with E-state index in [1.165, 1.54) is 14.2 Å². The largest absolute Gasteiger partial charge is 0.495 e. The zero-order valence-corrected chi connectivity index (χ0v) is 36.7. The van der Waals surface area contributed by atoms with Crippen LogP contribution in [0, 0.1) is 0 Å². The summed E-state index contributed by atoms with van der Waals surface area (Å²) in [5, 5.41) is 0. The maximum absolute atomic E-state index is 13.4. The lowest BCUT2D eigenvalue weighted by molar-refractivity contribution is -0.141. The molecule has 0 bridgehead atoms. The third kappa shape index (κ3) is 11.7. The summed E-state index contributed by atoms with van der Waals surface area (Å²) in [6.45, 7) is 7.18. The van der Waals surface area contributed by atoms with Crippen molar-refractivity contribution >= 4 is 23.3 Å². The van der Waals surface area contributed by atoms with Crippen LogP contribution in [-0.4, -0.2) is 134 Å².